The number of nitro benzene ring substituents is 3. The quantitative estimate of drug-likeness (QED) is 0.0165. The highest BCUT2D eigenvalue weighted by Crippen LogP contribution is 2.40. The summed E-state index contributed by atoms with van der Waals surface area (Å²) in [4.78, 5) is 99.7. The molecule has 0 aliphatic carbocycles. The van der Waals surface area contributed by atoms with E-state index in [0.717, 1.165) is 9.94 Å². The highest BCUT2D eigenvalue weighted by atomic mass is 79.9. The van der Waals surface area contributed by atoms with Gasteiger partial charge < -0.3 is 71.7 Å². The highest BCUT2D eigenvalue weighted by Gasteiger charge is 2.54. The first-order chi connectivity index (χ1) is 47.7. The molecule has 34 heteroatoms. The van der Waals surface area contributed by atoms with Crippen molar-refractivity contribution in [3.05, 3.63) is 197 Å². The van der Waals surface area contributed by atoms with Crippen molar-refractivity contribution in [3.63, 3.8) is 0 Å². The SMILES string of the molecule is CC(=O)Nc1ccc(C(=O)Cl)cc1.CC(=O)Nc1ccc(C(=O)Nc2cc(B3OC(C)(C)C(C)(C)O3)ccc2N)cc1.CC(=O)Nc1ccc(C(=O)Nc2cc(B3OC(C)(C)C(C)(C)O3)ccc2[N+](=O)[O-])cc1.CC1(C)OB(c2ccc([N+](=O)[O-])c(N)c2)OC1(C)C.Nc1cc(Br)ccc1[N+](=O)[O-]. The zero-order valence-corrected chi connectivity index (χ0v) is 61.6. The molecule has 0 unspecified atom stereocenters. The van der Waals surface area contributed by atoms with Crippen LogP contribution < -0.4 is 60.2 Å². The Morgan fingerprint density at radius 1 is 0.379 bits per heavy atom. The molecule has 29 nitrogen and oxygen atoms in total. The second-order valence-electron chi connectivity index (χ2n) is 26.6. The molecule has 0 aromatic heterocycles. The van der Waals surface area contributed by atoms with Crippen LogP contribution in [0.3, 0.4) is 0 Å². The third-order valence-corrected chi connectivity index (χ3v) is 17.9. The van der Waals surface area contributed by atoms with Gasteiger partial charge in [-0.25, -0.2) is 0 Å². The van der Waals surface area contributed by atoms with E-state index in [1.165, 1.54) is 69.3 Å². The summed E-state index contributed by atoms with van der Waals surface area (Å²) in [6, 6.07) is 37.8. The Morgan fingerprint density at radius 2 is 0.660 bits per heavy atom. The van der Waals surface area contributed by atoms with Gasteiger partial charge in [-0.15, -0.1) is 0 Å². The number of nitrogens with one attached hydrogen (secondary N) is 5. The summed E-state index contributed by atoms with van der Waals surface area (Å²) in [5, 5.41) is 45.2. The van der Waals surface area contributed by atoms with Gasteiger partial charge >= 0.3 is 21.4 Å². The van der Waals surface area contributed by atoms with Gasteiger partial charge in [0.25, 0.3) is 34.1 Å². The topological polar surface area (TPSA) is 425 Å². The maximum atomic E-state index is 12.7. The van der Waals surface area contributed by atoms with Gasteiger partial charge in [-0.1, -0.05) is 34.1 Å². The molecule has 7 aromatic rings. The number of carbonyl (C=O) groups is 6. The van der Waals surface area contributed by atoms with Crippen LogP contribution >= 0.6 is 27.5 Å². The molecule has 0 spiro atoms. The van der Waals surface area contributed by atoms with Crippen molar-refractivity contribution in [2.45, 2.75) is 137 Å². The van der Waals surface area contributed by atoms with Crippen LogP contribution in [-0.2, 0) is 42.3 Å². The van der Waals surface area contributed by atoms with E-state index < -0.39 is 80.9 Å². The standard InChI is InChI=1S/C21H24BN3O6.C21H26BN3O4.C12H17BN2O4.C9H8ClNO2.C6H5BrN2O2/c1-13(26)23-16-9-6-14(7-10-16)19(27)24-17-12-15(8-11-18(17)25(28)29)22-30-20(2,3)21(4,5)31-22;1-13(26)24-16-9-6-14(7-10-16)19(27)25-18-12-15(8-11-17(18)23)22-28-20(2,3)21(4,5)29-22;1-11(2)12(3,4)19-13(18-11)8-5-6-10(15(16)17)9(14)7-8;1-6(12)11-8-4-2-7(3-5-8)9(10)13;7-4-1-2-6(9(10)11)5(8)3-4/h6-12H,1-5H3,(H,23,26)(H,24,27);6-12H,23H2,1-5H3,(H,24,26)(H,25,27);5-7H,14H2,1-4H3;2-5H,1H3,(H,11,12);1-3H,8H2. The number of halogens is 2. The number of hydrogen-bond donors (Lipinski definition) is 8. The number of nitrogens with two attached hydrogens (primary N) is 3. The van der Waals surface area contributed by atoms with Gasteiger partial charge in [0.1, 0.15) is 17.1 Å². The Balaban J connectivity index is 0.000000213. The minimum absolute atomic E-state index is 0.0353. The van der Waals surface area contributed by atoms with Crippen molar-refractivity contribution in [1.82, 2.24) is 0 Å². The van der Waals surface area contributed by atoms with Gasteiger partial charge in [0.2, 0.25) is 17.7 Å². The predicted octanol–water partition coefficient (Wildman–Crippen LogP) is 11.3. The molecule has 7 aromatic carbocycles. The number of amides is 5. The van der Waals surface area contributed by atoms with Gasteiger partial charge in [0, 0.05) is 77.2 Å². The van der Waals surface area contributed by atoms with Gasteiger partial charge in [0.05, 0.1) is 59.8 Å². The van der Waals surface area contributed by atoms with Crippen LogP contribution in [0.25, 0.3) is 0 Å². The minimum Gasteiger partial charge on any atom is -0.399 e. The number of nitrogens with zero attached hydrogens (tertiary/aromatic N) is 3. The lowest BCUT2D eigenvalue weighted by Gasteiger charge is -2.32. The lowest BCUT2D eigenvalue weighted by atomic mass is 9.78. The van der Waals surface area contributed by atoms with Crippen LogP contribution in [-0.4, -0.2) is 105 Å². The predicted molar refractivity (Wildman–Crippen MR) is 402 cm³/mol. The minimum atomic E-state index is -0.724. The van der Waals surface area contributed by atoms with E-state index in [2.05, 4.69) is 42.5 Å². The Kier molecular flexibility index (Phi) is 26.5. The van der Waals surface area contributed by atoms with Crippen LogP contribution in [0.2, 0.25) is 0 Å². The summed E-state index contributed by atoms with van der Waals surface area (Å²) in [6.45, 7) is 27.6. The van der Waals surface area contributed by atoms with Gasteiger partial charge in [0.15, 0.2) is 0 Å². The second-order valence-corrected chi connectivity index (χ2v) is 27.9. The normalized spacial score (nSPS) is 15.8. The molecule has 5 amide bonds. The fourth-order valence-electron chi connectivity index (χ4n) is 9.40. The van der Waals surface area contributed by atoms with Gasteiger partial charge in [-0.3, -0.25) is 59.1 Å². The molecular weight excluding hydrogens is 1420 g/mol. The summed E-state index contributed by atoms with van der Waals surface area (Å²) in [5.41, 5.74) is 19.9. The van der Waals surface area contributed by atoms with E-state index in [0.29, 0.717) is 50.5 Å². The summed E-state index contributed by atoms with van der Waals surface area (Å²) in [6.07, 6.45) is 0. The molecule has 0 bridgehead atoms. The Labute approximate surface area is 609 Å². The Morgan fingerprint density at radius 3 is 0.971 bits per heavy atom. The molecule has 11 N–H and O–H groups in total. The van der Waals surface area contributed by atoms with Gasteiger partial charge in [-0.05, 0) is 220 Å². The van der Waals surface area contributed by atoms with E-state index in [-0.39, 0.29) is 63.3 Å². The monoisotopic (exact) mass is 1500 g/mol. The van der Waals surface area contributed by atoms with Crippen LogP contribution in [0.5, 0.6) is 0 Å². The maximum absolute atomic E-state index is 12.7. The van der Waals surface area contributed by atoms with Crippen LogP contribution in [0.4, 0.5) is 62.6 Å². The number of nitrogen functional groups attached to an aromatic ring is 3. The van der Waals surface area contributed by atoms with Crippen molar-refractivity contribution in [2.24, 2.45) is 0 Å². The third kappa shape index (κ3) is 21.7. The number of nitro groups is 3. The molecular formula is C69H80B3BrClN11O18. The van der Waals surface area contributed by atoms with Crippen molar-refractivity contribution >= 4 is 163 Å². The van der Waals surface area contributed by atoms with E-state index in [9.17, 15) is 59.1 Å². The largest absolute Gasteiger partial charge is 0.494 e. The number of hydrogen-bond acceptors (Lipinski definition) is 21. The van der Waals surface area contributed by atoms with Crippen LogP contribution in [0, 0.1) is 30.3 Å². The maximum Gasteiger partial charge on any atom is 0.494 e. The molecule has 542 valence electrons. The molecule has 0 saturated carbocycles. The average molecular weight is 1500 g/mol. The zero-order chi connectivity index (χ0) is 77.1. The molecule has 10 rings (SSSR count). The van der Waals surface area contributed by atoms with Crippen LogP contribution in [0.1, 0.15) is 135 Å². The van der Waals surface area contributed by atoms with Crippen molar-refractivity contribution < 1.29 is 71.5 Å². The van der Waals surface area contributed by atoms with E-state index >= 15 is 0 Å². The first-order valence-corrected chi connectivity index (χ1v) is 32.8. The molecule has 3 aliphatic rings. The molecule has 0 atom stereocenters. The van der Waals surface area contributed by atoms with E-state index in [1.807, 2.05) is 89.2 Å². The number of carbonyl (C=O) groups excluding carboxylic acids is 6. The summed E-state index contributed by atoms with van der Waals surface area (Å²) in [7, 11) is -1.83. The van der Waals surface area contributed by atoms with Crippen molar-refractivity contribution in [1.29, 1.82) is 0 Å². The van der Waals surface area contributed by atoms with Crippen molar-refractivity contribution in [2.75, 3.05) is 43.8 Å². The Hall–Kier alpha value is -10.1. The van der Waals surface area contributed by atoms with E-state index in [4.69, 9.17) is 56.7 Å². The fourth-order valence-corrected chi connectivity index (χ4v) is 9.90. The molecule has 3 aliphatic heterocycles. The second kappa shape index (κ2) is 33.3. The molecule has 3 fully saturated rings. The first-order valence-electron chi connectivity index (χ1n) is 31.7. The summed E-state index contributed by atoms with van der Waals surface area (Å²) in [5.74, 6) is -1.38. The highest BCUT2D eigenvalue weighted by molar-refractivity contribution is 9.10. The molecule has 0 radical (unpaired) electrons. The molecule has 3 heterocycles. The zero-order valence-electron chi connectivity index (χ0n) is 59.3. The third-order valence-electron chi connectivity index (χ3n) is 17.2. The fraction of sp³-hybridized carbons (Fsp3) is 0.304. The Bertz CT molecular complexity index is 4310. The van der Waals surface area contributed by atoms with Gasteiger partial charge in [-0.2, -0.15) is 0 Å². The van der Waals surface area contributed by atoms with Crippen LogP contribution in [0.15, 0.2) is 150 Å². The lowest BCUT2D eigenvalue weighted by molar-refractivity contribution is -0.384. The first kappa shape index (κ1) is 81.8. The summed E-state index contributed by atoms with van der Waals surface area (Å²) >= 11 is 8.38. The van der Waals surface area contributed by atoms with E-state index in [1.54, 1.807) is 91.0 Å². The lowest BCUT2D eigenvalue weighted by Crippen LogP contribution is -2.41. The number of rotatable bonds is 14. The molecule has 103 heavy (non-hydrogen) atoms. The van der Waals surface area contributed by atoms with Crippen molar-refractivity contribution in [3.8, 4) is 0 Å². The average Bonchev–Trinajstić information content (AvgIpc) is 1.63. The number of benzene rings is 7. The molecule has 3 saturated heterocycles. The number of anilines is 8. The summed E-state index contributed by atoms with van der Waals surface area (Å²) < 4.78 is 36.6. The smallest absolute Gasteiger partial charge is 0.399 e.